The summed E-state index contributed by atoms with van der Waals surface area (Å²) in [7, 11) is -3.64. The number of piperidine rings is 1. The number of amides is 3. The maximum atomic E-state index is 12.7. The number of carbonyl (C=O) groups excluding carboxylic acids is 2. The Morgan fingerprint density at radius 3 is 2.32 bits per heavy atom. The lowest BCUT2D eigenvalue weighted by Crippen LogP contribution is -2.55. The van der Waals surface area contributed by atoms with Crippen molar-refractivity contribution in [1.29, 1.82) is 0 Å². The lowest BCUT2D eigenvalue weighted by atomic mass is 9.88. The van der Waals surface area contributed by atoms with Gasteiger partial charge in [-0.05, 0) is 43.5 Å². The number of benzene rings is 1. The van der Waals surface area contributed by atoms with Gasteiger partial charge in [-0.1, -0.05) is 18.5 Å². The number of nitrogens with zero attached hydrogens (tertiary/aromatic N) is 2. The molecule has 0 bridgehead atoms. The van der Waals surface area contributed by atoms with Crippen LogP contribution in [0.2, 0.25) is 5.02 Å². The fourth-order valence-electron chi connectivity index (χ4n) is 3.31. The monoisotopic (exact) mass is 385 g/mol. The lowest BCUT2D eigenvalue weighted by molar-refractivity contribution is -0.132. The minimum absolute atomic E-state index is 0.169. The van der Waals surface area contributed by atoms with Gasteiger partial charge in [0.1, 0.15) is 5.54 Å². The Hall–Kier alpha value is -1.64. The fraction of sp³-hybridized carbons (Fsp3) is 0.500. The van der Waals surface area contributed by atoms with Crippen molar-refractivity contribution >= 4 is 33.6 Å². The van der Waals surface area contributed by atoms with Gasteiger partial charge in [-0.2, -0.15) is 4.31 Å². The number of hydrogen-bond acceptors (Lipinski definition) is 4. The molecule has 2 aliphatic rings. The van der Waals surface area contributed by atoms with E-state index in [9.17, 15) is 18.0 Å². The van der Waals surface area contributed by atoms with Gasteiger partial charge in [0, 0.05) is 24.7 Å². The Bertz CT molecular complexity index is 786. The van der Waals surface area contributed by atoms with Crippen molar-refractivity contribution in [1.82, 2.24) is 14.5 Å². The zero-order chi connectivity index (χ0) is 18.2. The molecule has 2 saturated heterocycles. The molecule has 1 aromatic carbocycles. The molecule has 0 aromatic heterocycles. The van der Waals surface area contributed by atoms with Gasteiger partial charge in [-0.3, -0.25) is 9.69 Å². The highest BCUT2D eigenvalue weighted by molar-refractivity contribution is 7.89. The molecule has 0 atom stereocenters. The van der Waals surface area contributed by atoms with Gasteiger partial charge in [0.15, 0.2) is 0 Å². The first-order chi connectivity index (χ1) is 11.8. The molecule has 2 aliphatic heterocycles. The normalized spacial score (nSPS) is 21.0. The highest BCUT2D eigenvalue weighted by atomic mass is 35.5. The highest BCUT2D eigenvalue weighted by Crippen LogP contribution is 2.32. The zero-order valence-electron chi connectivity index (χ0n) is 13.9. The van der Waals surface area contributed by atoms with E-state index in [0.717, 1.165) is 0 Å². The first-order valence-corrected chi connectivity index (χ1v) is 10.0. The molecule has 0 aliphatic carbocycles. The van der Waals surface area contributed by atoms with E-state index in [4.69, 9.17) is 11.6 Å². The Balaban J connectivity index is 1.75. The Morgan fingerprint density at radius 2 is 1.76 bits per heavy atom. The van der Waals surface area contributed by atoms with E-state index >= 15 is 0 Å². The summed E-state index contributed by atoms with van der Waals surface area (Å²) in [5.41, 5.74) is -0.974. The molecule has 0 saturated carbocycles. The summed E-state index contributed by atoms with van der Waals surface area (Å²) in [6.07, 6.45) is 1.22. The van der Waals surface area contributed by atoms with Gasteiger partial charge in [-0.15, -0.1) is 0 Å². The summed E-state index contributed by atoms with van der Waals surface area (Å²) in [6.45, 7) is 2.62. The molecule has 1 N–H and O–H groups in total. The van der Waals surface area contributed by atoms with E-state index < -0.39 is 15.6 Å². The molecule has 0 radical (unpaired) electrons. The molecule has 3 amide bonds. The standard InChI is InChI=1S/C16H20ClN3O4S/c1-2-9-20-14(21)16(18-15(20)22)7-10-19(11-8-16)25(23,24)13-5-3-12(17)4-6-13/h3-6H,2,7-11H2,1H3,(H,18,22). The summed E-state index contributed by atoms with van der Waals surface area (Å²) >= 11 is 5.81. The Kier molecular flexibility index (Phi) is 4.78. The van der Waals surface area contributed by atoms with Crippen molar-refractivity contribution in [2.24, 2.45) is 0 Å². The third kappa shape index (κ3) is 3.14. The number of urea groups is 1. The van der Waals surface area contributed by atoms with Crippen LogP contribution >= 0.6 is 11.6 Å². The van der Waals surface area contributed by atoms with Gasteiger partial charge in [-0.25, -0.2) is 13.2 Å². The Labute approximate surface area is 152 Å². The number of rotatable bonds is 4. The fourth-order valence-corrected chi connectivity index (χ4v) is 4.87. The molecule has 136 valence electrons. The molecule has 7 nitrogen and oxygen atoms in total. The topological polar surface area (TPSA) is 86.8 Å². The van der Waals surface area contributed by atoms with Crippen LogP contribution < -0.4 is 5.32 Å². The quantitative estimate of drug-likeness (QED) is 0.801. The van der Waals surface area contributed by atoms with Gasteiger partial charge in [0.2, 0.25) is 10.0 Å². The van der Waals surface area contributed by atoms with Crippen LogP contribution in [0.5, 0.6) is 0 Å². The zero-order valence-corrected chi connectivity index (χ0v) is 15.4. The molecule has 1 aromatic rings. The summed E-state index contributed by atoms with van der Waals surface area (Å²) in [6, 6.07) is 5.61. The Morgan fingerprint density at radius 1 is 1.16 bits per heavy atom. The largest absolute Gasteiger partial charge is 0.325 e. The van der Waals surface area contributed by atoms with Crippen molar-refractivity contribution in [2.45, 2.75) is 36.6 Å². The van der Waals surface area contributed by atoms with E-state index in [2.05, 4.69) is 5.32 Å². The number of imide groups is 1. The number of nitrogens with one attached hydrogen (secondary N) is 1. The summed E-state index contributed by atoms with van der Waals surface area (Å²) in [5.74, 6) is -0.247. The third-order valence-corrected chi connectivity index (χ3v) is 6.89. The highest BCUT2D eigenvalue weighted by Gasteiger charge is 2.53. The molecular formula is C16H20ClN3O4S. The maximum Gasteiger partial charge on any atom is 0.325 e. The summed E-state index contributed by atoms with van der Waals surface area (Å²) < 4.78 is 26.8. The minimum atomic E-state index is -3.64. The maximum absolute atomic E-state index is 12.7. The van der Waals surface area contributed by atoms with Crippen LogP contribution in [0.3, 0.4) is 0 Å². The molecule has 3 rings (SSSR count). The van der Waals surface area contributed by atoms with Crippen LogP contribution in [0.15, 0.2) is 29.2 Å². The minimum Gasteiger partial charge on any atom is -0.323 e. The predicted octanol–water partition coefficient (Wildman–Crippen LogP) is 1.83. The van der Waals surface area contributed by atoms with Crippen LogP contribution in [0.1, 0.15) is 26.2 Å². The number of hydrogen-bond donors (Lipinski definition) is 1. The summed E-state index contributed by atoms with van der Waals surface area (Å²) in [5, 5.41) is 3.24. The average Bonchev–Trinajstić information content (AvgIpc) is 2.80. The van der Waals surface area contributed by atoms with E-state index in [1.54, 1.807) is 0 Å². The SMILES string of the molecule is CCCN1C(=O)NC2(CCN(S(=O)(=O)c3ccc(Cl)cc3)CC2)C1=O. The molecule has 9 heteroatoms. The van der Waals surface area contributed by atoms with Crippen LogP contribution in [0, 0.1) is 0 Å². The van der Waals surface area contributed by atoms with Crippen molar-refractivity contribution in [3.05, 3.63) is 29.3 Å². The second-order valence-electron chi connectivity index (χ2n) is 6.33. The van der Waals surface area contributed by atoms with Crippen LogP contribution in [0.4, 0.5) is 4.79 Å². The van der Waals surface area contributed by atoms with E-state index in [-0.39, 0.29) is 42.8 Å². The van der Waals surface area contributed by atoms with E-state index in [1.165, 1.54) is 33.5 Å². The first-order valence-electron chi connectivity index (χ1n) is 8.20. The van der Waals surface area contributed by atoms with E-state index in [0.29, 0.717) is 18.0 Å². The number of sulfonamides is 1. The first kappa shape index (κ1) is 18.2. The molecular weight excluding hydrogens is 366 g/mol. The molecule has 2 heterocycles. The van der Waals surface area contributed by atoms with Gasteiger partial charge >= 0.3 is 6.03 Å². The van der Waals surface area contributed by atoms with Gasteiger partial charge < -0.3 is 5.32 Å². The second kappa shape index (κ2) is 6.59. The van der Waals surface area contributed by atoms with Crippen molar-refractivity contribution in [3.63, 3.8) is 0 Å². The van der Waals surface area contributed by atoms with Crippen molar-refractivity contribution in [3.8, 4) is 0 Å². The molecule has 2 fully saturated rings. The second-order valence-corrected chi connectivity index (χ2v) is 8.70. The molecule has 0 unspecified atom stereocenters. The van der Waals surface area contributed by atoms with Crippen molar-refractivity contribution < 1.29 is 18.0 Å². The third-order valence-electron chi connectivity index (χ3n) is 4.72. The lowest BCUT2D eigenvalue weighted by Gasteiger charge is -2.36. The molecule has 1 spiro atoms. The van der Waals surface area contributed by atoms with Crippen LogP contribution in [0.25, 0.3) is 0 Å². The smallest absolute Gasteiger partial charge is 0.323 e. The average molecular weight is 386 g/mol. The number of halogens is 1. The van der Waals surface area contributed by atoms with Crippen molar-refractivity contribution in [2.75, 3.05) is 19.6 Å². The van der Waals surface area contributed by atoms with Crippen LogP contribution in [-0.2, 0) is 14.8 Å². The van der Waals surface area contributed by atoms with Gasteiger partial charge in [0.05, 0.1) is 4.90 Å². The van der Waals surface area contributed by atoms with E-state index in [1.807, 2.05) is 6.92 Å². The number of carbonyl (C=O) groups is 2. The molecule has 25 heavy (non-hydrogen) atoms. The van der Waals surface area contributed by atoms with Gasteiger partial charge in [0.25, 0.3) is 5.91 Å². The predicted molar refractivity (Wildman–Crippen MR) is 92.7 cm³/mol. The van der Waals surface area contributed by atoms with Crippen LogP contribution in [-0.4, -0.2) is 54.7 Å². The summed E-state index contributed by atoms with van der Waals surface area (Å²) in [4.78, 5) is 26.0.